The highest BCUT2D eigenvalue weighted by atomic mass is 35.5. The van der Waals surface area contributed by atoms with Crippen LogP contribution < -0.4 is 4.72 Å². The third kappa shape index (κ3) is 3.93. The second-order valence-electron chi connectivity index (χ2n) is 8.19. The third-order valence-corrected chi connectivity index (χ3v) is 6.60. The Morgan fingerprint density at radius 3 is 2.37 bits per heavy atom. The van der Waals surface area contributed by atoms with Crippen LogP contribution in [0.2, 0.25) is 5.02 Å². The van der Waals surface area contributed by atoms with Crippen LogP contribution in [0.5, 0.6) is 0 Å². The molecule has 0 unspecified atom stereocenters. The summed E-state index contributed by atoms with van der Waals surface area (Å²) in [5, 5.41) is 8.75. The fourth-order valence-corrected chi connectivity index (χ4v) is 4.56. The van der Waals surface area contributed by atoms with Crippen LogP contribution in [0, 0.1) is 0 Å². The molecule has 7 heteroatoms. The van der Waals surface area contributed by atoms with Crippen LogP contribution in [0.3, 0.4) is 0 Å². The summed E-state index contributed by atoms with van der Waals surface area (Å²) in [6, 6.07) is 19.6. The molecule has 0 atom stereocenters. The van der Waals surface area contributed by atoms with Gasteiger partial charge in [0.1, 0.15) is 5.69 Å². The largest absolute Gasteiger partial charge is 0.279 e. The van der Waals surface area contributed by atoms with E-state index in [4.69, 9.17) is 11.6 Å². The Kier molecular flexibility index (Phi) is 5.08. The summed E-state index contributed by atoms with van der Waals surface area (Å²) < 4.78 is 28.8. The van der Waals surface area contributed by atoms with Crippen molar-refractivity contribution in [2.45, 2.75) is 31.1 Å². The number of halogens is 1. The summed E-state index contributed by atoms with van der Waals surface area (Å²) in [7, 11) is -3.79. The average Bonchev–Trinajstić information content (AvgIpc) is 3.13. The maximum atomic E-state index is 13.1. The number of nitrogens with one attached hydrogen (secondary N) is 2. The van der Waals surface area contributed by atoms with Crippen LogP contribution in [0.1, 0.15) is 26.3 Å². The van der Waals surface area contributed by atoms with E-state index in [1.165, 1.54) is 0 Å². The van der Waals surface area contributed by atoms with E-state index in [1.54, 1.807) is 30.3 Å². The van der Waals surface area contributed by atoms with Crippen LogP contribution in [-0.2, 0) is 15.4 Å². The number of H-pyrrole nitrogens is 1. The predicted octanol–water partition coefficient (Wildman–Crippen LogP) is 5.98. The molecular formula is C23H22ClN3O2S. The Morgan fingerprint density at radius 2 is 1.67 bits per heavy atom. The maximum Gasteiger partial charge on any atom is 0.261 e. The number of aromatic nitrogens is 2. The summed E-state index contributed by atoms with van der Waals surface area (Å²) in [5.41, 5.74) is 3.52. The highest BCUT2D eigenvalue weighted by molar-refractivity contribution is 7.92. The van der Waals surface area contributed by atoms with E-state index in [9.17, 15) is 8.42 Å². The highest BCUT2D eigenvalue weighted by Gasteiger charge is 2.20. The van der Waals surface area contributed by atoms with Gasteiger partial charge in [0.05, 0.1) is 16.1 Å². The van der Waals surface area contributed by atoms with E-state index in [1.807, 2.05) is 36.4 Å². The molecule has 5 nitrogen and oxygen atoms in total. The molecule has 0 spiro atoms. The van der Waals surface area contributed by atoms with Gasteiger partial charge in [-0.2, -0.15) is 5.10 Å². The number of hydrogen-bond acceptors (Lipinski definition) is 3. The number of fused-ring (bicyclic) bond motifs is 1. The molecule has 0 aliphatic carbocycles. The molecule has 30 heavy (non-hydrogen) atoms. The van der Waals surface area contributed by atoms with Crippen molar-refractivity contribution in [1.29, 1.82) is 0 Å². The van der Waals surface area contributed by atoms with Crippen LogP contribution in [0.25, 0.3) is 22.2 Å². The van der Waals surface area contributed by atoms with Crippen molar-refractivity contribution in [2.24, 2.45) is 0 Å². The van der Waals surface area contributed by atoms with Crippen LogP contribution in [0.15, 0.2) is 71.6 Å². The molecule has 0 fully saturated rings. The van der Waals surface area contributed by atoms with Gasteiger partial charge >= 0.3 is 0 Å². The Bertz CT molecular complexity index is 1320. The van der Waals surface area contributed by atoms with Gasteiger partial charge in [-0.1, -0.05) is 62.7 Å². The van der Waals surface area contributed by atoms with Crippen molar-refractivity contribution < 1.29 is 8.42 Å². The molecule has 2 N–H and O–H groups in total. The maximum absolute atomic E-state index is 13.1. The van der Waals surface area contributed by atoms with E-state index < -0.39 is 10.0 Å². The number of benzene rings is 3. The summed E-state index contributed by atoms with van der Waals surface area (Å²) in [6.45, 7) is 6.26. The van der Waals surface area contributed by atoms with Crippen molar-refractivity contribution >= 4 is 38.2 Å². The zero-order chi connectivity index (χ0) is 21.5. The van der Waals surface area contributed by atoms with Gasteiger partial charge in [0.25, 0.3) is 10.0 Å². The summed E-state index contributed by atoms with van der Waals surface area (Å²) in [6.07, 6.45) is 0. The summed E-state index contributed by atoms with van der Waals surface area (Å²) in [5.74, 6) is 0. The Hall–Kier alpha value is -2.83. The minimum atomic E-state index is -3.79. The fourth-order valence-electron chi connectivity index (χ4n) is 3.31. The Labute approximate surface area is 181 Å². The minimum absolute atomic E-state index is 0.0555. The standard InChI is InChI=1S/C23H22ClN3O2S/c1-23(2,3)15-8-11-17(12-9-15)30(28,29)27-21-13-10-16(24)14-19(21)22-18-6-4-5-7-20(18)25-26-22/h4-14,27H,1-3H3,(H,25,26). The summed E-state index contributed by atoms with van der Waals surface area (Å²) in [4.78, 5) is 0.197. The first-order valence-corrected chi connectivity index (χ1v) is 11.4. The van der Waals surface area contributed by atoms with E-state index in [0.29, 0.717) is 22.0 Å². The molecule has 0 bridgehead atoms. The monoisotopic (exact) mass is 439 g/mol. The van der Waals surface area contributed by atoms with Crippen molar-refractivity contribution in [1.82, 2.24) is 10.2 Å². The molecule has 0 aliphatic rings. The van der Waals surface area contributed by atoms with Gasteiger partial charge in [-0.3, -0.25) is 9.82 Å². The molecule has 0 radical (unpaired) electrons. The fraction of sp³-hybridized carbons (Fsp3) is 0.174. The van der Waals surface area contributed by atoms with Crippen molar-refractivity contribution in [3.8, 4) is 11.3 Å². The van der Waals surface area contributed by atoms with Crippen molar-refractivity contribution in [2.75, 3.05) is 4.72 Å². The molecule has 0 aliphatic heterocycles. The number of para-hydroxylation sites is 1. The zero-order valence-electron chi connectivity index (χ0n) is 16.9. The second-order valence-corrected chi connectivity index (χ2v) is 10.3. The molecule has 0 saturated heterocycles. The SMILES string of the molecule is CC(C)(C)c1ccc(S(=O)(=O)Nc2ccc(Cl)cc2-c2n[nH]c3ccccc23)cc1. The summed E-state index contributed by atoms with van der Waals surface area (Å²) >= 11 is 6.22. The first-order chi connectivity index (χ1) is 14.1. The van der Waals surface area contributed by atoms with Crippen molar-refractivity contribution in [3.05, 3.63) is 77.3 Å². The van der Waals surface area contributed by atoms with Gasteiger partial charge in [0, 0.05) is 16.0 Å². The molecule has 154 valence electrons. The van der Waals surface area contributed by atoms with E-state index in [-0.39, 0.29) is 10.3 Å². The lowest BCUT2D eigenvalue weighted by Crippen LogP contribution is -2.15. The van der Waals surface area contributed by atoms with E-state index >= 15 is 0 Å². The molecular weight excluding hydrogens is 418 g/mol. The van der Waals surface area contributed by atoms with E-state index in [2.05, 4.69) is 35.7 Å². The van der Waals surface area contributed by atoms with Crippen molar-refractivity contribution in [3.63, 3.8) is 0 Å². The van der Waals surface area contributed by atoms with Gasteiger partial charge in [0.2, 0.25) is 0 Å². The number of aromatic amines is 1. The number of anilines is 1. The van der Waals surface area contributed by atoms with Gasteiger partial charge in [-0.05, 0) is 47.4 Å². The van der Waals surface area contributed by atoms with Crippen LogP contribution in [-0.4, -0.2) is 18.6 Å². The number of nitrogens with zero attached hydrogens (tertiary/aromatic N) is 1. The average molecular weight is 440 g/mol. The molecule has 0 amide bonds. The predicted molar refractivity (Wildman–Crippen MR) is 122 cm³/mol. The van der Waals surface area contributed by atoms with Gasteiger partial charge < -0.3 is 0 Å². The quantitative estimate of drug-likeness (QED) is 0.410. The van der Waals surface area contributed by atoms with E-state index in [0.717, 1.165) is 16.5 Å². The third-order valence-electron chi connectivity index (χ3n) is 4.98. The Balaban J connectivity index is 1.75. The second kappa shape index (κ2) is 7.45. The number of rotatable bonds is 4. The topological polar surface area (TPSA) is 74.8 Å². The van der Waals surface area contributed by atoms with Gasteiger partial charge in [-0.15, -0.1) is 0 Å². The van der Waals surface area contributed by atoms with Crippen LogP contribution in [0.4, 0.5) is 5.69 Å². The lowest BCUT2D eigenvalue weighted by atomic mass is 9.87. The van der Waals surface area contributed by atoms with Crippen LogP contribution >= 0.6 is 11.6 Å². The minimum Gasteiger partial charge on any atom is -0.279 e. The molecule has 4 rings (SSSR count). The first kappa shape index (κ1) is 20.4. The Morgan fingerprint density at radius 1 is 0.967 bits per heavy atom. The van der Waals surface area contributed by atoms with Gasteiger partial charge in [0.15, 0.2) is 0 Å². The first-order valence-electron chi connectivity index (χ1n) is 9.51. The molecule has 1 aromatic heterocycles. The lowest BCUT2D eigenvalue weighted by Gasteiger charge is -2.19. The normalized spacial score (nSPS) is 12.3. The smallest absolute Gasteiger partial charge is 0.261 e. The highest BCUT2D eigenvalue weighted by Crippen LogP contribution is 2.35. The van der Waals surface area contributed by atoms with Gasteiger partial charge in [-0.25, -0.2) is 8.42 Å². The number of hydrogen-bond donors (Lipinski definition) is 2. The molecule has 3 aromatic carbocycles. The molecule has 1 heterocycles. The molecule has 0 saturated carbocycles. The zero-order valence-corrected chi connectivity index (χ0v) is 18.5. The molecule has 4 aromatic rings. The number of sulfonamides is 1. The lowest BCUT2D eigenvalue weighted by molar-refractivity contribution is 0.587.